The number of hydroxylamine groups is 1. The van der Waals surface area contributed by atoms with Gasteiger partial charge in [0.1, 0.15) is 18.4 Å². The van der Waals surface area contributed by atoms with Crippen LogP contribution in [0.1, 0.15) is 18.4 Å². The topological polar surface area (TPSA) is 109 Å². The first-order chi connectivity index (χ1) is 14.5. The van der Waals surface area contributed by atoms with Gasteiger partial charge in [-0.1, -0.05) is 18.2 Å². The Kier molecular flexibility index (Phi) is 5.67. The van der Waals surface area contributed by atoms with Gasteiger partial charge in [-0.05, 0) is 49.2 Å². The highest BCUT2D eigenvalue weighted by Crippen LogP contribution is 2.27. The quantitative estimate of drug-likeness (QED) is 0.462. The Bertz CT molecular complexity index is 1160. The van der Waals surface area contributed by atoms with Gasteiger partial charge in [-0.3, -0.25) is 15.0 Å². The molecule has 1 atom stereocenters. The van der Waals surface area contributed by atoms with Crippen molar-refractivity contribution in [3.05, 3.63) is 66.4 Å². The molecule has 156 valence electrons. The molecule has 0 radical (unpaired) electrons. The molecule has 4 rings (SSSR count). The molecule has 30 heavy (non-hydrogen) atoms. The van der Waals surface area contributed by atoms with Crippen LogP contribution in [0.5, 0.6) is 5.75 Å². The van der Waals surface area contributed by atoms with Gasteiger partial charge in [0.15, 0.2) is 0 Å². The van der Waals surface area contributed by atoms with E-state index in [9.17, 15) is 13.2 Å². The summed E-state index contributed by atoms with van der Waals surface area (Å²) in [5.41, 5.74) is 3.41. The fourth-order valence-corrected chi connectivity index (χ4v) is 5.31. The number of aromatic nitrogens is 1. The summed E-state index contributed by atoms with van der Waals surface area (Å²) in [6.07, 6.45) is 2.65. The van der Waals surface area contributed by atoms with Crippen molar-refractivity contribution in [3.63, 3.8) is 0 Å². The van der Waals surface area contributed by atoms with Crippen LogP contribution in [0.4, 0.5) is 0 Å². The maximum Gasteiger partial charge on any atom is 0.261 e. The number of carbonyl (C=O) groups excluding carboxylic acids is 1. The van der Waals surface area contributed by atoms with E-state index in [1.165, 1.54) is 12.1 Å². The molecule has 1 fully saturated rings. The zero-order valence-electron chi connectivity index (χ0n) is 16.1. The smallest absolute Gasteiger partial charge is 0.261 e. The number of sulfonamides is 1. The molecular formula is C21H21N3O5S. The molecular weight excluding hydrogens is 406 g/mol. The van der Waals surface area contributed by atoms with Gasteiger partial charge in [-0.15, -0.1) is 0 Å². The minimum Gasteiger partial charge on any atom is -0.489 e. The summed E-state index contributed by atoms with van der Waals surface area (Å²) in [5.74, 6) is -0.193. The summed E-state index contributed by atoms with van der Waals surface area (Å²) in [6, 6.07) is 14.9. The highest BCUT2D eigenvalue weighted by molar-refractivity contribution is 7.89. The van der Waals surface area contributed by atoms with Crippen LogP contribution in [0, 0.1) is 0 Å². The number of pyridine rings is 1. The predicted octanol–water partition coefficient (Wildman–Crippen LogP) is 2.47. The summed E-state index contributed by atoms with van der Waals surface area (Å²) >= 11 is 0. The molecule has 1 aliphatic heterocycles. The van der Waals surface area contributed by atoms with Gasteiger partial charge >= 0.3 is 0 Å². The maximum atomic E-state index is 12.9. The van der Waals surface area contributed by atoms with E-state index in [-0.39, 0.29) is 11.4 Å². The van der Waals surface area contributed by atoms with Gasteiger partial charge in [-0.25, -0.2) is 13.9 Å². The molecule has 1 aromatic heterocycles. The predicted molar refractivity (Wildman–Crippen MR) is 109 cm³/mol. The normalized spacial score (nSPS) is 17.2. The fourth-order valence-electron chi connectivity index (χ4n) is 3.65. The van der Waals surface area contributed by atoms with E-state index in [2.05, 4.69) is 4.98 Å². The van der Waals surface area contributed by atoms with Gasteiger partial charge < -0.3 is 4.74 Å². The second-order valence-electron chi connectivity index (χ2n) is 7.00. The van der Waals surface area contributed by atoms with Crippen LogP contribution in [-0.2, 0) is 21.4 Å². The largest absolute Gasteiger partial charge is 0.489 e. The van der Waals surface area contributed by atoms with Gasteiger partial charge in [0, 0.05) is 23.7 Å². The van der Waals surface area contributed by atoms with E-state index in [1.807, 2.05) is 30.3 Å². The molecule has 1 aliphatic rings. The van der Waals surface area contributed by atoms with Crippen molar-refractivity contribution >= 4 is 26.8 Å². The number of carbonyl (C=O) groups is 1. The number of ether oxygens (including phenoxy) is 1. The highest BCUT2D eigenvalue weighted by Gasteiger charge is 2.39. The average molecular weight is 427 g/mol. The van der Waals surface area contributed by atoms with Gasteiger partial charge in [0.05, 0.1) is 10.4 Å². The summed E-state index contributed by atoms with van der Waals surface area (Å²) in [5, 5.41) is 9.86. The van der Waals surface area contributed by atoms with E-state index >= 15 is 0 Å². The number of rotatable bonds is 6. The van der Waals surface area contributed by atoms with Crippen LogP contribution in [0.25, 0.3) is 10.9 Å². The lowest BCUT2D eigenvalue weighted by Crippen LogP contribution is -2.44. The summed E-state index contributed by atoms with van der Waals surface area (Å²) in [6.45, 7) is 0.549. The van der Waals surface area contributed by atoms with E-state index < -0.39 is 22.0 Å². The van der Waals surface area contributed by atoms with Crippen molar-refractivity contribution in [1.82, 2.24) is 14.8 Å². The van der Waals surface area contributed by atoms with Gasteiger partial charge in [0.2, 0.25) is 10.0 Å². The van der Waals surface area contributed by atoms with E-state index in [0.29, 0.717) is 25.2 Å². The molecule has 8 nitrogen and oxygen atoms in total. The van der Waals surface area contributed by atoms with Crippen molar-refractivity contribution in [2.75, 3.05) is 6.54 Å². The lowest BCUT2D eigenvalue weighted by Gasteiger charge is -2.22. The Balaban J connectivity index is 1.49. The third-order valence-electron chi connectivity index (χ3n) is 5.18. The van der Waals surface area contributed by atoms with Crippen LogP contribution in [0.3, 0.4) is 0 Å². The average Bonchev–Trinajstić information content (AvgIpc) is 3.28. The molecule has 1 saturated heterocycles. The summed E-state index contributed by atoms with van der Waals surface area (Å²) < 4.78 is 32.8. The van der Waals surface area contributed by atoms with Crippen LogP contribution in [0.15, 0.2) is 65.7 Å². The number of fused-ring (bicyclic) bond motifs is 1. The zero-order valence-corrected chi connectivity index (χ0v) is 16.9. The van der Waals surface area contributed by atoms with Crippen LogP contribution >= 0.6 is 0 Å². The number of para-hydroxylation sites is 1. The summed E-state index contributed by atoms with van der Waals surface area (Å²) in [4.78, 5) is 16.2. The Hall–Kier alpha value is -3.01. The highest BCUT2D eigenvalue weighted by atomic mass is 32.2. The maximum absolute atomic E-state index is 12.9. The minimum atomic E-state index is -3.86. The molecule has 0 saturated carbocycles. The molecule has 0 bridgehead atoms. The Morgan fingerprint density at radius 1 is 1.17 bits per heavy atom. The minimum absolute atomic E-state index is 0.0712. The molecule has 9 heteroatoms. The van der Waals surface area contributed by atoms with Gasteiger partial charge in [-0.2, -0.15) is 4.31 Å². The van der Waals surface area contributed by atoms with Gasteiger partial charge in [0.25, 0.3) is 5.91 Å². The zero-order chi connectivity index (χ0) is 21.1. The second-order valence-corrected chi connectivity index (χ2v) is 8.89. The number of nitrogens with one attached hydrogen (secondary N) is 1. The lowest BCUT2D eigenvalue weighted by atomic mass is 10.1. The number of benzene rings is 2. The lowest BCUT2D eigenvalue weighted by molar-refractivity contribution is -0.132. The number of amides is 1. The van der Waals surface area contributed by atoms with E-state index in [4.69, 9.17) is 9.94 Å². The van der Waals surface area contributed by atoms with Crippen molar-refractivity contribution < 1.29 is 23.2 Å². The monoisotopic (exact) mass is 427 g/mol. The molecule has 3 aromatic rings. The van der Waals surface area contributed by atoms with Crippen LogP contribution in [-0.4, -0.2) is 41.4 Å². The first kappa shape index (κ1) is 20.3. The fraction of sp³-hybridized carbons (Fsp3) is 0.238. The van der Waals surface area contributed by atoms with E-state index in [0.717, 1.165) is 20.8 Å². The van der Waals surface area contributed by atoms with Crippen molar-refractivity contribution in [1.29, 1.82) is 0 Å². The standard InChI is InChI=1S/C21H21N3O5S/c25-21(23-26)20-6-3-13-24(20)30(27,28)17-9-7-16(8-10-17)29-14-15-11-12-22-19-5-2-1-4-18(15)19/h1-2,4-5,7-12,20,26H,3,6,13-14H2,(H,23,25)/t20-/m1/s1. The second kappa shape index (κ2) is 8.39. The van der Waals surface area contributed by atoms with Crippen molar-refractivity contribution in [3.8, 4) is 5.75 Å². The number of hydrogen-bond acceptors (Lipinski definition) is 6. The number of hydrogen-bond donors (Lipinski definition) is 2. The molecule has 0 aliphatic carbocycles. The molecule has 2 heterocycles. The van der Waals surface area contributed by atoms with Crippen molar-refractivity contribution in [2.24, 2.45) is 0 Å². The van der Waals surface area contributed by atoms with Crippen molar-refractivity contribution in [2.45, 2.75) is 30.4 Å². The molecule has 0 unspecified atom stereocenters. The third-order valence-corrected chi connectivity index (χ3v) is 7.10. The molecule has 2 aromatic carbocycles. The van der Waals surface area contributed by atoms with Crippen LogP contribution < -0.4 is 10.2 Å². The number of nitrogens with zero attached hydrogens (tertiary/aromatic N) is 2. The van der Waals surface area contributed by atoms with E-state index in [1.54, 1.807) is 23.8 Å². The summed E-state index contributed by atoms with van der Waals surface area (Å²) in [7, 11) is -3.86. The molecule has 2 N–H and O–H groups in total. The Labute approximate surface area is 174 Å². The third kappa shape index (κ3) is 3.87. The first-order valence-electron chi connectivity index (χ1n) is 9.52. The first-order valence-corrected chi connectivity index (χ1v) is 11.0. The SMILES string of the molecule is O=C(NO)[C@H]1CCCN1S(=O)(=O)c1ccc(OCc2ccnc3ccccc23)cc1. The molecule has 0 spiro atoms. The van der Waals surface area contributed by atoms with Crippen LogP contribution in [0.2, 0.25) is 0 Å². The Morgan fingerprint density at radius 2 is 1.93 bits per heavy atom. The molecule has 1 amide bonds. The Morgan fingerprint density at radius 3 is 2.70 bits per heavy atom.